The summed E-state index contributed by atoms with van der Waals surface area (Å²) in [5, 5.41) is 8.47. The van der Waals surface area contributed by atoms with Gasteiger partial charge in [0.05, 0.1) is 12.6 Å². The molecule has 0 heterocycles. The highest BCUT2D eigenvalue weighted by Crippen LogP contribution is 2.40. The summed E-state index contributed by atoms with van der Waals surface area (Å²) < 4.78 is 0. The lowest BCUT2D eigenvalue weighted by molar-refractivity contribution is -0.120. The number of hydrogen-bond acceptors (Lipinski definition) is 2. The summed E-state index contributed by atoms with van der Waals surface area (Å²) in [6.45, 7) is 0.0362. The molecule has 3 N–H and O–H groups in total. The van der Waals surface area contributed by atoms with Gasteiger partial charge in [0.25, 0.3) is 0 Å². The minimum atomic E-state index is -0.276. The molecule has 21 heavy (non-hydrogen) atoms. The van der Waals surface area contributed by atoms with E-state index in [2.05, 4.69) is 16.0 Å². The van der Waals surface area contributed by atoms with E-state index in [0.29, 0.717) is 12.0 Å². The fourth-order valence-electron chi connectivity index (χ4n) is 2.42. The van der Waals surface area contributed by atoms with Crippen molar-refractivity contribution in [2.24, 2.45) is 5.92 Å². The third-order valence-electron chi connectivity index (χ3n) is 3.89. The highest BCUT2D eigenvalue weighted by atomic mass is 16.2. The van der Waals surface area contributed by atoms with Crippen LogP contribution >= 0.6 is 0 Å². The van der Waals surface area contributed by atoms with Crippen LogP contribution in [0.15, 0.2) is 30.3 Å². The van der Waals surface area contributed by atoms with E-state index in [-0.39, 0.29) is 24.5 Å². The number of carbonyl (C=O) groups is 2. The van der Waals surface area contributed by atoms with Crippen molar-refractivity contribution in [3.8, 4) is 0 Å². The minimum absolute atomic E-state index is 0.0362. The lowest BCUT2D eigenvalue weighted by Gasteiger charge is -2.19. The van der Waals surface area contributed by atoms with Gasteiger partial charge in [-0.05, 0) is 37.2 Å². The summed E-state index contributed by atoms with van der Waals surface area (Å²) in [5.41, 5.74) is 1.12. The lowest BCUT2D eigenvalue weighted by atomic mass is 10.0. The molecule has 5 nitrogen and oxygen atoms in total. The number of nitrogens with one attached hydrogen (secondary N) is 3. The van der Waals surface area contributed by atoms with Crippen molar-refractivity contribution in [1.29, 1.82) is 0 Å². The van der Waals surface area contributed by atoms with Crippen molar-refractivity contribution < 1.29 is 9.59 Å². The molecule has 2 aliphatic rings. The molecule has 0 bridgehead atoms. The Bertz CT molecular complexity index is 510. The van der Waals surface area contributed by atoms with Gasteiger partial charge in [0.15, 0.2) is 0 Å². The van der Waals surface area contributed by atoms with Crippen LogP contribution in [0.4, 0.5) is 4.79 Å². The van der Waals surface area contributed by atoms with Crippen molar-refractivity contribution in [3.05, 3.63) is 35.9 Å². The quantitative estimate of drug-likeness (QED) is 0.745. The first kappa shape index (κ1) is 13.9. The number of urea groups is 1. The van der Waals surface area contributed by atoms with Gasteiger partial charge >= 0.3 is 6.03 Å². The van der Waals surface area contributed by atoms with Gasteiger partial charge in [0, 0.05) is 6.04 Å². The van der Waals surface area contributed by atoms with E-state index in [1.807, 2.05) is 30.3 Å². The first-order valence-corrected chi connectivity index (χ1v) is 7.61. The number of hydrogen-bond donors (Lipinski definition) is 3. The molecular weight excluding hydrogens is 266 g/mol. The van der Waals surface area contributed by atoms with Crippen LogP contribution in [0, 0.1) is 5.92 Å². The number of carbonyl (C=O) groups excluding carboxylic acids is 2. The average molecular weight is 287 g/mol. The largest absolute Gasteiger partial charge is 0.352 e. The zero-order chi connectivity index (χ0) is 14.7. The molecule has 112 valence electrons. The molecule has 3 amide bonds. The highest BCUT2D eigenvalue weighted by molar-refractivity contribution is 5.84. The van der Waals surface area contributed by atoms with Crippen LogP contribution in [-0.2, 0) is 4.79 Å². The molecule has 0 saturated heterocycles. The molecule has 0 unspecified atom stereocenters. The van der Waals surface area contributed by atoms with Gasteiger partial charge in [-0.25, -0.2) is 4.79 Å². The van der Waals surface area contributed by atoms with Crippen molar-refractivity contribution in [3.63, 3.8) is 0 Å². The van der Waals surface area contributed by atoms with Gasteiger partial charge in [-0.3, -0.25) is 4.79 Å². The van der Waals surface area contributed by atoms with Gasteiger partial charge in [-0.15, -0.1) is 0 Å². The maximum Gasteiger partial charge on any atom is 0.315 e. The second kappa shape index (κ2) is 6.16. The van der Waals surface area contributed by atoms with Crippen molar-refractivity contribution in [2.45, 2.75) is 37.8 Å². The van der Waals surface area contributed by atoms with Crippen LogP contribution in [0.2, 0.25) is 0 Å². The normalized spacial score (nSPS) is 18.7. The van der Waals surface area contributed by atoms with Gasteiger partial charge in [0.2, 0.25) is 5.91 Å². The molecule has 1 aromatic carbocycles. The molecule has 2 aliphatic carbocycles. The van der Waals surface area contributed by atoms with Crippen LogP contribution in [0.5, 0.6) is 0 Å². The predicted octanol–water partition coefficient (Wildman–Crippen LogP) is 1.72. The molecule has 0 spiro atoms. The Morgan fingerprint density at radius 2 is 1.81 bits per heavy atom. The minimum Gasteiger partial charge on any atom is -0.352 e. The van der Waals surface area contributed by atoms with Gasteiger partial charge in [-0.2, -0.15) is 0 Å². The zero-order valence-corrected chi connectivity index (χ0v) is 12.0. The molecule has 0 aliphatic heterocycles. The van der Waals surface area contributed by atoms with Crippen LogP contribution in [0.3, 0.4) is 0 Å². The molecule has 0 aromatic heterocycles. The third kappa shape index (κ3) is 4.21. The first-order chi connectivity index (χ1) is 10.2. The van der Waals surface area contributed by atoms with Crippen molar-refractivity contribution in [2.75, 3.05) is 6.54 Å². The lowest BCUT2D eigenvalue weighted by Crippen LogP contribution is -2.44. The van der Waals surface area contributed by atoms with Crippen LogP contribution in [0.25, 0.3) is 0 Å². The molecule has 1 aromatic rings. The maximum absolute atomic E-state index is 12.0. The Morgan fingerprint density at radius 1 is 1.10 bits per heavy atom. The van der Waals surface area contributed by atoms with Gasteiger partial charge in [-0.1, -0.05) is 30.3 Å². The standard InChI is InChI=1S/C16H21N3O2/c20-14(18-13-8-9-13)10-17-16(21)19-15(12-6-7-12)11-4-2-1-3-5-11/h1-5,12-13,15H,6-10H2,(H,18,20)(H2,17,19,21)/t15-/m0/s1. The summed E-state index contributed by atoms with van der Waals surface area (Å²) >= 11 is 0. The summed E-state index contributed by atoms with van der Waals surface area (Å²) in [6.07, 6.45) is 4.38. The van der Waals surface area contributed by atoms with Crippen molar-refractivity contribution in [1.82, 2.24) is 16.0 Å². The smallest absolute Gasteiger partial charge is 0.315 e. The fraction of sp³-hybridized carbons (Fsp3) is 0.500. The van der Waals surface area contributed by atoms with Crippen LogP contribution < -0.4 is 16.0 Å². The monoisotopic (exact) mass is 287 g/mol. The third-order valence-corrected chi connectivity index (χ3v) is 3.89. The highest BCUT2D eigenvalue weighted by Gasteiger charge is 2.33. The number of benzene rings is 1. The van der Waals surface area contributed by atoms with E-state index in [4.69, 9.17) is 0 Å². The average Bonchev–Trinajstić information content (AvgIpc) is 3.37. The van der Waals surface area contributed by atoms with Gasteiger partial charge < -0.3 is 16.0 Å². The second-order valence-corrected chi connectivity index (χ2v) is 5.89. The van der Waals surface area contributed by atoms with E-state index in [1.54, 1.807) is 0 Å². The van der Waals surface area contributed by atoms with E-state index in [0.717, 1.165) is 31.2 Å². The van der Waals surface area contributed by atoms with E-state index in [1.165, 1.54) is 0 Å². The van der Waals surface area contributed by atoms with Crippen molar-refractivity contribution >= 4 is 11.9 Å². The van der Waals surface area contributed by atoms with E-state index in [9.17, 15) is 9.59 Å². The SMILES string of the molecule is O=C(CNC(=O)N[C@@H](c1ccccc1)C1CC1)NC1CC1. The summed E-state index contributed by atoms with van der Waals surface area (Å²) in [5.74, 6) is 0.397. The maximum atomic E-state index is 12.0. The fourth-order valence-corrected chi connectivity index (χ4v) is 2.42. The molecule has 3 rings (SSSR count). The Labute approximate surface area is 124 Å². The Kier molecular flexibility index (Phi) is 4.08. The molecule has 2 fully saturated rings. The van der Waals surface area contributed by atoms with Crippen LogP contribution in [-0.4, -0.2) is 24.5 Å². The Morgan fingerprint density at radius 3 is 2.43 bits per heavy atom. The summed E-state index contributed by atoms with van der Waals surface area (Å²) in [4.78, 5) is 23.5. The number of rotatable bonds is 6. The molecular formula is C16H21N3O2. The van der Waals surface area contributed by atoms with Gasteiger partial charge in [0.1, 0.15) is 0 Å². The molecule has 1 atom stereocenters. The predicted molar refractivity (Wildman–Crippen MR) is 79.6 cm³/mol. The molecule has 0 radical (unpaired) electrons. The van der Waals surface area contributed by atoms with Crippen LogP contribution in [0.1, 0.15) is 37.3 Å². The topological polar surface area (TPSA) is 70.2 Å². The molecule has 5 heteroatoms. The first-order valence-electron chi connectivity index (χ1n) is 7.61. The second-order valence-electron chi connectivity index (χ2n) is 5.89. The number of amides is 3. The van der Waals surface area contributed by atoms with E-state index < -0.39 is 0 Å². The summed E-state index contributed by atoms with van der Waals surface area (Å²) in [7, 11) is 0. The molecule has 2 saturated carbocycles. The zero-order valence-electron chi connectivity index (χ0n) is 12.0. The summed E-state index contributed by atoms with van der Waals surface area (Å²) in [6, 6.07) is 10.1. The van der Waals surface area contributed by atoms with E-state index >= 15 is 0 Å². The Hall–Kier alpha value is -2.04. The Balaban J connectivity index is 1.48.